The minimum absolute atomic E-state index is 0.293. The van der Waals surface area contributed by atoms with Crippen molar-refractivity contribution >= 4 is 39.7 Å². The van der Waals surface area contributed by atoms with Gasteiger partial charge >= 0.3 is 0 Å². The minimum atomic E-state index is 0.293. The van der Waals surface area contributed by atoms with Gasteiger partial charge in [-0.1, -0.05) is 28.1 Å². The van der Waals surface area contributed by atoms with E-state index in [9.17, 15) is 0 Å². The standard InChI is InChI=1S/C9H6BrClN2/c10-7-2-1-3-8-6(4-7)5-12-9(11)13-8/h2-5H,1H2. The molecule has 1 heterocycles. The van der Waals surface area contributed by atoms with Crippen LogP contribution < -0.4 is 10.6 Å². The van der Waals surface area contributed by atoms with Crippen LogP contribution in [0.25, 0.3) is 12.2 Å². The van der Waals surface area contributed by atoms with E-state index in [-0.39, 0.29) is 0 Å². The number of allylic oxidation sites excluding steroid dienone is 2. The van der Waals surface area contributed by atoms with Crippen LogP contribution in [0.3, 0.4) is 0 Å². The Morgan fingerprint density at radius 2 is 2.23 bits per heavy atom. The van der Waals surface area contributed by atoms with Gasteiger partial charge in [0.1, 0.15) is 0 Å². The topological polar surface area (TPSA) is 25.8 Å². The van der Waals surface area contributed by atoms with Gasteiger partial charge in [0.05, 0.1) is 5.35 Å². The molecule has 0 aromatic carbocycles. The monoisotopic (exact) mass is 256 g/mol. The molecule has 2 rings (SSSR count). The lowest BCUT2D eigenvalue weighted by Gasteiger charge is -1.89. The number of rotatable bonds is 0. The summed E-state index contributed by atoms with van der Waals surface area (Å²) in [7, 11) is 0. The zero-order valence-corrected chi connectivity index (χ0v) is 9.01. The van der Waals surface area contributed by atoms with Crippen LogP contribution in [0.2, 0.25) is 5.28 Å². The second-order valence-corrected chi connectivity index (χ2v) is 3.91. The number of hydrogen-bond acceptors (Lipinski definition) is 2. The van der Waals surface area contributed by atoms with Crippen LogP contribution in [0.4, 0.5) is 0 Å². The van der Waals surface area contributed by atoms with Gasteiger partial charge < -0.3 is 0 Å². The van der Waals surface area contributed by atoms with E-state index >= 15 is 0 Å². The molecule has 0 fully saturated rings. The van der Waals surface area contributed by atoms with Crippen molar-refractivity contribution in [3.8, 4) is 0 Å². The summed E-state index contributed by atoms with van der Waals surface area (Å²) in [5, 5.41) is 2.18. The third kappa shape index (κ3) is 1.98. The van der Waals surface area contributed by atoms with Crippen LogP contribution in [0.1, 0.15) is 6.42 Å². The van der Waals surface area contributed by atoms with Crippen LogP contribution in [-0.2, 0) is 0 Å². The average Bonchev–Trinajstić information content (AvgIpc) is 2.25. The third-order valence-corrected chi connectivity index (χ3v) is 2.47. The lowest BCUT2D eigenvalue weighted by Crippen LogP contribution is -2.28. The highest BCUT2D eigenvalue weighted by molar-refractivity contribution is 9.12. The lowest BCUT2D eigenvalue weighted by atomic mass is 10.3. The molecule has 1 aromatic heterocycles. The number of aromatic nitrogens is 2. The number of halogens is 2. The molecule has 0 bridgehead atoms. The first-order valence-corrected chi connectivity index (χ1v) is 4.99. The van der Waals surface area contributed by atoms with Crippen molar-refractivity contribution in [2.24, 2.45) is 0 Å². The molecule has 0 spiro atoms. The van der Waals surface area contributed by atoms with Crippen LogP contribution in [0.5, 0.6) is 0 Å². The molecule has 1 aromatic rings. The fraction of sp³-hybridized carbons (Fsp3) is 0.111. The summed E-state index contributed by atoms with van der Waals surface area (Å²) in [6.07, 6.45) is 8.65. The molecule has 0 aliphatic heterocycles. The van der Waals surface area contributed by atoms with E-state index in [1.165, 1.54) is 0 Å². The van der Waals surface area contributed by atoms with Crippen molar-refractivity contribution < 1.29 is 0 Å². The van der Waals surface area contributed by atoms with Gasteiger partial charge in [-0.15, -0.1) is 0 Å². The number of fused-ring (bicyclic) bond motifs is 1. The Balaban J connectivity index is 2.75. The Hall–Kier alpha value is -0.670. The summed E-state index contributed by atoms with van der Waals surface area (Å²) in [5.74, 6) is 0. The average molecular weight is 258 g/mol. The van der Waals surface area contributed by atoms with Crippen molar-refractivity contribution in [2.45, 2.75) is 6.42 Å². The fourth-order valence-corrected chi connectivity index (χ4v) is 1.72. The molecule has 0 atom stereocenters. The van der Waals surface area contributed by atoms with Gasteiger partial charge in [-0.25, -0.2) is 9.97 Å². The molecular weight excluding hydrogens is 251 g/mol. The van der Waals surface area contributed by atoms with Crippen LogP contribution in [0.15, 0.2) is 16.8 Å². The maximum absolute atomic E-state index is 5.68. The maximum Gasteiger partial charge on any atom is 0.222 e. The van der Waals surface area contributed by atoms with Crippen molar-refractivity contribution in [3.05, 3.63) is 32.6 Å². The fourth-order valence-electron chi connectivity index (χ4n) is 1.15. The SMILES string of the molecule is Clc1ncc2c(n1)=CCC=C(Br)C=2. The summed E-state index contributed by atoms with van der Waals surface area (Å²) in [6, 6.07) is 0. The highest BCUT2D eigenvalue weighted by Gasteiger charge is 1.96. The first-order chi connectivity index (χ1) is 6.25. The van der Waals surface area contributed by atoms with E-state index in [1.54, 1.807) is 6.20 Å². The van der Waals surface area contributed by atoms with Crippen LogP contribution in [-0.4, -0.2) is 9.97 Å². The van der Waals surface area contributed by atoms with Gasteiger partial charge in [0, 0.05) is 15.9 Å². The zero-order valence-electron chi connectivity index (χ0n) is 6.67. The highest BCUT2D eigenvalue weighted by atomic mass is 79.9. The Bertz CT molecular complexity index is 479. The molecule has 0 N–H and O–H groups in total. The molecule has 66 valence electrons. The van der Waals surface area contributed by atoms with Crippen LogP contribution in [0, 0.1) is 0 Å². The second kappa shape index (κ2) is 3.60. The van der Waals surface area contributed by atoms with E-state index in [2.05, 4.69) is 32.0 Å². The molecule has 2 nitrogen and oxygen atoms in total. The maximum atomic E-state index is 5.68. The summed E-state index contributed by atoms with van der Waals surface area (Å²) in [5.41, 5.74) is 0. The van der Waals surface area contributed by atoms with E-state index < -0.39 is 0 Å². The summed E-state index contributed by atoms with van der Waals surface area (Å²) in [6.45, 7) is 0. The van der Waals surface area contributed by atoms with E-state index in [0.717, 1.165) is 21.5 Å². The van der Waals surface area contributed by atoms with Gasteiger partial charge in [0.2, 0.25) is 5.28 Å². The summed E-state index contributed by atoms with van der Waals surface area (Å²) in [4.78, 5) is 8.05. The Morgan fingerprint density at radius 1 is 1.38 bits per heavy atom. The molecule has 4 heteroatoms. The zero-order chi connectivity index (χ0) is 9.26. The molecule has 0 amide bonds. The molecule has 13 heavy (non-hydrogen) atoms. The number of hydrogen-bond donors (Lipinski definition) is 0. The normalized spacial score (nSPS) is 14.8. The predicted molar refractivity (Wildman–Crippen MR) is 56.8 cm³/mol. The molecular formula is C9H6BrClN2. The lowest BCUT2D eigenvalue weighted by molar-refractivity contribution is 1.10. The van der Waals surface area contributed by atoms with Gasteiger partial charge in [0.25, 0.3) is 0 Å². The van der Waals surface area contributed by atoms with E-state index in [0.29, 0.717) is 5.28 Å². The van der Waals surface area contributed by atoms with Gasteiger partial charge in [-0.3, -0.25) is 0 Å². The third-order valence-electron chi connectivity index (χ3n) is 1.74. The summed E-state index contributed by atoms with van der Waals surface area (Å²) >= 11 is 9.11. The molecule has 0 unspecified atom stereocenters. The number of nitrogens with zero attached hydrogens (tertiary/aromatic N) is 2. The second-order valence-electron chi connectivity index (χ2n) is 2.65. The highest BCUT2D eigenvalue weighted by Crippen LogP contribution is 2.08. The van der Waals surface area contributed by atoms with Crippen molar-refractivity contribution in [1.82, 2.24) is 9.97 Å². The minimum Gasteiger partial charge on any atom is -0.226 e. The van der Waals surface area contributed by atoms with Crippen LogP contribution >= 0.6 is 27.5 Å². The molecule has 0 saturated heterocycles. The largest absolute Gasteiger partial charge is 0.226 e. The smallest absolute Gasteiger partial charge is 0.222 e. The van der Waals surface area contributed by atoms with Gasteiger partial charge in [-0.2, -0.15) is 0 Å². The molecule has 1 aliphatic rings. The Morgan fingerprint density at radius 3 is 3.08 bits per heavy atom. The van der Waals surface area contributed by atoms with E-state index in [4.69, 9.17) is 11.6 Å². The van der Waals surface area contributed by atoms with Gasteiger partial charge in [-0.05, 0) is 24.1 Å². The first kappa shape index (κ1) is 8.91. The molecule has 0 saturated carbocycles. The first-order valence-electron chi connectivity index (χ1n) is 3.82. The van der Waals surface area contributed by atoms with Crippen molar-refractivity contribution in [2.75, 3.05) is 0 Å². The van der Waals surface area contributed by atoms with Crippen molar-refractivity contribution in [1.29, 1.82) is 0 Å². The quantitative estimate of drug-likeness (QED) is 0.656. The van der Waals surface area contributed by atoms with Crippen molar-refractivity contribution in [3.63, 3.8) is 0 Å². The van der Waals surface area contributed by atoms with E-state index in [1.807, 2.05) is 12.2 Å². The van der Waals surface area contributed by atoms with Gasteiger partial charge in [0.15, 0.2) is 0 Å². The Kier molecular flexibility index (Phi) is 2.47. The summed E-state index contributed by atoms with van der Waals surface area (Å²) < 4.78 is 1.05. The molecule has 0 radical (unpaired) electrons. The Labute approximate surface area is 88.8 Å². The molecule has 1 aliphatic carbocycles. The predicted octanol–water partition coefficient (Wildman–Crippen LogP) is 1.37.